The van der Waals surface area contributed by atoms with Crippen molar-refractivity contribution in [2.75, 3.05) is 18.4 Å². The summed E-state index contributed by atoms with van der Waals surface area (Å²) in [6, 6.07) is 2.02. The van der Waals surface area contributed by atoms with Gasteiger partial charge in [0, 0.05) is 24.8 Å². The molecule has 4 heteroatoms. The number of halogens is 1. The Morgan fingerprint density at radius 3 is 2.75 bits per heavy atom. The van der Waals surface area contributed by atoms with E-state index < -0.39 is 0 Å². The first-order valence-corrected chi connectivity index (χ1v) is 5.09. The van der Waals surface area contributed by atoms with Crippen molar-refractivity contribution in [3.63, 3.8) is 0 Å². The molecular weight excluding hydrogens is 220 g/mol. The molecule has 0 saturated heterocycles. The number of hydrogen-bond acceptors (Lipinski definition) is 2. The lowest BCUT2D eigenvalue weighted by Crippen LogP contribution is -2.31. The Hall–Kier alpha value is -0.560. The average molecular weight is 233 g/mol. The van der Waals surface area contributed by atoms with Crippen LogP contribution in [0.25, 0.3) is 0 Å². The number of hydrogen-bond donors (Lipinski definition) is 0. The number of amides is 1. The third-order valence-electron chi connectivity index (χ3n) is 1.54. The summed E-state index contributed by atoms with van der Waals surface area (Å²) in [5.41, 5.74) is 0. The molecule has 0 aromatic heterocycles. The van der Waals surface area contributed by atoms with Crippen molar-refractivity contribution in [2.45, 2.75) is 19.8 Å². The van der Waals surface area contributed by atoms with Crippen LogP contribution in [-0.4, -0.2) is 29.2 Å². The molecule has 3 nitrogen and oxygen atoms in total. The highest BCUT2D eigenvalue weighted by atomic mass is 79.9. The Labute approximate surface area is 81.5 Å². The van der Waals surface area contributed by atoms with Crippen LogP contribution in [-0.2, 0) is 4.79 Å². The van der Waals surface area contributed by atoms with Gasteiger partial charge >= 0.3 is 0 Å². The van der Waals surface area contributed by atoms with Crippen molar-refractivity contribution in [1.82, 2.24) is 4.90 Å². The number of carbonyl (C=O) groups is 1. The van der Waals surface area contributed by atoms with Gasteiger partial charge in [0.2, 0.25) is 5.91 Å². The minimum absolute atomic E-state index is 0.115. The molecule has 0 heterocycles. The summed E-state index contributed by atoms with van der Waals surface area (Å²) >= 11 is 3.20. The molecule has 0 fully saturated rings. The van der Waals surface area contributed by atoms with Crippen LogP contribution in [0.15, 0.2) is 0 Å². The van der Waals surface area contributed by atoms with E-state index in [1.54, 1.807) is 4.90 Å². The fourth-order valence-corrected chi connectivity index (χ4v) is 1.22. The fraction of sp³-hybridized carbons (Fsp3) is 0.750. The van der Waals surface area contributed by atoms with Crippen molar-refractivity contribution in [2.24, 2.45) is 0 Å². The first-order valence-electron chi connectivity index (χ1n) is 3.97. The van der Waals surface area contributed by atoms with Crippen LogP contribution >= 0.6 is 15.9 Å². The molecule has 0 aliphatic heterocycles. The van der Waals surface area contributed by atoms with Gasteiger partial charge in [-0.15, -0.1) is 0 Å². The maximum atomic E-state index is 11.3. The normalized spacial score (nSPS) is 9.08. The largest absolute Gasteiger partial charge is 0.342 e. The molecular formula is C8H13BrN2O. The molecule has 0 aliphatic rings. The van der Waals surface area contributed by atoms with E-state index in [-0.39, 0.29) is 5.91 Å². The maximum absolute atomic E-state index is 11.3. The highest BCUT2D eigenvalue weighted by molar-refractivity contribution is 9.09. The molecule has 0 aromatic rings. The molecule has 0 bridgehead atoms. The zero-order chi connectivity index (χ0) is 9.40. The summed E-state index contributed by atoms with van der Waals surface area (Å²) in [6.07, 6.45) is 0.932. The Balaban J connectivity index is 3.80. The van der Waals surface area contributed by atoms with Gasteiger partial charge in [0.1, 0.15) is 0 Å². The van der Waals surface area contributed by atoms with Crippen LogP contribution in [0, 0.1) is 11.3 Å². The van der Waals surface area contributed by atoms with Crippen molar-refractivity contribution in [1.29, 1.82) is 5.26 Å². The minimum Gasteiger partial charge on any atom is -0.342 e. The smallest absolute Gasteiger partial charge is 0.223 e. The average Bonchev–Trinajstić information content (AvgIpc) is 2.06. The quantitative estimate of drug-likeness (QED) is 0.676. The van der Waals surface area contributed by atoms with Crippen molar-refractivity contribution in [3.05, 3.63) is 0 Å². The van der Waals surface area contributed by atoms with Crippen LogP contribution in [0.3, 0.4) is 0 Å². The van der Waals surface area contributed by atoms with Gasteiger partial charge in [0.25, 0.3) is 0 Å². The first-order chi connectivity index (χ1) is 5.76. The second-order valence-electron chi connectivity index (χ2n) is 2.32. The molecule has 0 saturated carbocycles. The monoisotopic (exact) mass is 232 g/mol. The van der Waals surface area contributed by atoms with Gasteiger partial charge in [-0.3, -0.25) is 4.79 Å². The molecule has 68 valence electrons. The van der Waals surface area contributed by atoms with Crippen molar-refractivity contribution >= 4 is 21.8 Å². The van der Waals surface area contributed by atoms with Crippen LogP contribution in [0.1, 0.15) is 19.8 Å². The molecule has 0 aromatic carbocycles. The van der Waals surface area contributed by atoms with Crippen LogP contribution in [0.4, 0.5) is 0 Å². The molecule has 0 rings (SSSR count). The third kappa shape index (κ3) is 4.35. The molecule has 0 unspecified atom stereocenters. The van der Waals surface area contributed by atoms with E-state index in [4.69, 9.17) is 5.26 Å². The van der Waals surface area contributed by atoms with Gasteiger partial charge in [-0.25, -0.2) is 0 Å². The van der Waals surface area contributed by atoms with Crippen LogP contribution in [0.2, 0.25) is 0 Å². The summed E-state index contributed by atoms with van der Waals surface area (Å²) in [4.78, 5) is 13.0. The second kappa shape index (κ2) is 7.11. The number of alkyl halides is 1. The predicted molar refractivity (Wildman–Crippen MR) is 50.9 cm³/mol. The van der Waals surface area contributed by atoms with Crippen LogP contribution < -0.4 is 0 Å². The predicted octanol–water partition coefficient (Wildman–Crippen LogP) is 1.53. The maximum Gasteiger partial charge on any atom is 0.223 e. The lowest BCUT2D eigenvalue weighted by molar-refractivity contribution is -0.130. The van der Waals surface area contributed by atoms with Gasteiger partial charge in [0.05, 0.1) is 12.5 Å². The lowest BCUT2D eigenvalue weighted by Gasteiger charge is -2.18. The zero-order valence-electron chi connectivity index (χ0n) is 7.22. The second-order valence-corrected chi connectivity index (χ2v) is 3.11. The van der Waals surface area contributed by atoms with Crippen LogP contribution in [0.5, 0.6) is 0 Å². The summed E-state index contributed by atoms with van der Waals surface area (Å²) in [5.74, 6) is 0.115. The zero-order valence-corrected chi connectivity index (χ0v) is 8.80. The van der Waals surface area contributed by atoms with E-state index in [1.807, 2.05) is 13.0 Å². The molecule has 0 atom stereocenters. The minimum atomic E-state index is 0.115. The Morgan fingerprint density at radius 1 is 1.67 bits per heavy atom. The molecule has 0 N–H and O–H groups in total. The molecule has 0 aliphatic carbocycles. The van der Waals surface area contributed by atoms with E-state index in [0.717, 1.165) is 0 Å². The summed E-state index contributed by atoms with van der Waals surface area (Å²) in [7, 11) is 0. The fourth-order valence-electron chi connectivity index (χ4n) is 0.883. The van der Waals surface area contributed by atoms with Gasteiger partial charge < -0.3 is 4.90 Å². The molecule has 0 radical (unpaired) electrons. The van der Waals surface area contributed by atoms with E-state index in [0.29, 0.717) is 31.3 Å². The first kappa shape index (κ1) is 11.4. The SMILES string of the molecule is CCN(CCC#N)C(=O)CCBr. The van der Waals surface area contributed by atoms with E-state index in [1.165, 1.54) is 0 Å². The van der Waals surface area contributed by atoms with Crippen molar-refractivity contribution in [3.8, 4) is 6.07 Å². The highest BCUT2D eigenvalue weighted by Crippen LogP contribution is 1.98. The summed E-state index contributed by atoms with van der Waals surface area (Å²) in [6.45, 7) is 3.16. The molecule has 12 heavy (non-hydrogen) atoms. The number of rotatable bonds is 5. The number of nitriles is 1. The topological polar surface area (TPSA) is 44.1 Å². The lowest BCUT2D eigenvalue weighted by atomic mass is 10.3. The third-order valence-corrected chi connectivity index (χ3v) is 1.93. The standard InChI is InChI=1S/C8H13BrN2O/c1-2-11(7-3-6-10)8(12)4-5-9/h2-5,7H2,1H3. The van der Waals surface area contributed by atoms with Gasteiger partial charge in [-0.1, -0.05) is 15.9 Å². The summed E-state index contributed by atoms with van der Waals surface area (Å²) in [5, 5.41) is 9.01. The molecule has 0 spiro atoms. The molecule has 1 amide bonds. The van der Waals surface area contributed by atoms with Gasteiger partial charge in [0.15, 0.2) is 0 Å². The Morgan fingerprint density at radius 2 is 2.33 bits per heavy atom. The van der Waals surface area contributed by atoms with E-state index in [9.17, 15) is 4.79 Å². The Bertz CT molecular complexity index is 176. The van der Waals surface area contributed by atoms with E-state index in [2.05, 4.69) is 15.9 Å². The number of carbonyl (C=O) groups excluding carboxylic acids is 1. The van der Waals surface area contributed by atoms with Gasteiger partial charge in [-0.2, -0.15) is 5.26 Å². The van der Waals surface area contributed by atoms with E-state index >= 15 is 0 Å². The highest BCUT2D eigenvalue weighted by Gasteiger charge is 2.08. The summed E-state index contributed by atoms with van der Waals surface area (Å²) < 4.78 is 0. The van der Waals surface area contributed by atoms with Gasteiger partial charge in [-0.05, 0) is 6.92 Å². The van der Waals surface area contributed by atoms with Crippen molar-refractivity contribution < 1.29 is 4.79 Å². The Kier molecular flexibility index (Phi) is 6.78. The number of nitrogens with zero attached hydrogens (tertiary/aromatic N) is 2.